The number of rotatable bonds is 5. The maximum atomic E-state index is 13.8. The van der Waals surface area contributed by atoms with Crippen LogP contribution in [0.4, 0.5) is 8.78 Å². The molecule has 3 rings (SSSR count). The average molecular weight is 344 g/mol. The third kappa shape index (κ3) is 3.35. The number of hydrogen-bond acceptors (Lipinski definition) is 4. The molecule has 25 heavy (non-hydrogen) atoms. The quantitative estimate of drug-likeness (QED) is 0.770. The highest BCUT2D eigenvalue weighted by molar-refractivity contribution is 5.96. The summed E-state index contributed by atoms with van der Waals surface area (Å²) < 4.78 is 38.2. The molecule has 1 aromatic heterocycles. The molecule has 128 valence electrons. The van der Waals surface area contributed by atoms with Crippen molar-refractivity contribution in [2.45, 2.75) is 6.42 Å². The molecule has 0 saturated carbocycles. The number of amides is 1. The third-order valence-electron chi connectivity index (χ3n) is 3.65. The number of hydrogen-bond donors (Lipinski definition) is 1. The number of methoxy groups -OCH3 is 1. The highest BCUT2D eigenvalue weighted by Gasteiger charge is 2.21. The van der Waals surface area contributed by atoms with Crippen molar-refractivity contribution < 1.29 is 22.7 Å². The monoisotopic (exact) mass is 344 g/mol. The second kappa shape index (κ2) is 6.72. The summed E-state index contributed by atoms with van der Waals surface area (Å²) in [6, 6.07) is 10.2. The highest BCUT2D eigenvalue weighted by atomic mass is 19.1. The van der Waals surface area contributed by atoms with E-state index in [0.29, 0.717) is 11.3 Å². The van der Waals surface area contributed by atoms with Gasteiger partial charge in [-0.3, -0.25) is 4.79 Å². The molecule has 1 amide bonds. The van der Waals surface area contributed by atoms with E-state index in [1.54, 1.807) is 24.3 Å². The van der Waals surface area contributed by atoms with Gasteiger partial charge in [0.1, 0.15) is 17.4 Å². The topological polar surface area (TPSA) is 78.3 Å². The van der Waals surface area contributed by atoms with Crippen molar-refractivity contribution in [1.82, 2.24) is 4.98 Å². The van der Waals surface area contributed by atoms with E-state index in [1.165, 1.54) is 13.2 Å². The van der Waals surface area contributed by atoms with Gasteiger partial charge in [-0.2, -0.15) is 0 Å². The first-order valence-corrected chi connectivity index (χ1v) is 7.36. The summed E-state index contributed by atoms with van der Waals surface area (Å²) in [6.45, 7) is 0. The second-order valence-corrected chi connectivity index (χ2v) is 5.26. The molecular formula is C18H14F2N2O3. The summed E-state index contributed by atoms with van der Waals surface area (Å²) in [5.74, 6) is -1.48. The molecule has 0 aliphatic rings. The molecule has 2 aromatic carbocycles. The molecule has 5 nitrogen and oxygen atoms in total. The van der Waals surface area contributed by atoms with Crippen LogP contribution in [-0.2, 0) is 6.42 Å². The Bertz CT molecular complexity index is 900. The molecule has 0 spiro atoms. The van der Waals surface area contributed by atoms with E-state index in [0.717, 1.165) is 12.1 Å². The van der Waals surface area contributed by atoms with Crippen LogP contribution in [0.2, 0.25) is 0 Å². The maximum Gasteiger partial charge on any atom is 0.271 e. The Morgan fingerprint density at radius 1 is 1.16 bits per heavy atom. The van der Waals surface area contributed by atoms with Crippen molar-refractivity contribution in [3.8, 4) is 17.1 Å². The van der Waals surface area contributed by atoms with Crippen LogP contribution in [0.15, 0.2) is 46.9 Å². The van der Waals surface area contributed by atoms with Gasteiger partial charge in [0.15, 0.2) is 17.3 Å². The van der Waals surface area contributed by atoms with Gasteiger partial charge in [-0.25, -0.2) is 13.8 Å². The van der Waals surface area contributed by atoms with Gasteiger partial charge in [-0.15, -0.1) is 0 Å². The number of primary amides is 1. The number of ether oxygens (including phenoxy) is 1. The summed E-state index contributed by atoms with van der Waals surface area (Å²) in [4.78, 5) is 15.6. The van der Waals surface area contributed by atoms with Crippen molar-refractivity contribution in [3.63, 3.8) is 0 Å². The lowest BCUT2D eigenvalue weighted by molar-refractivity contribution is 0.0996. The average Bonchev–Trinajstić information content (AvgIpc) is 3.03. The van der Waals surface area contributed by atoms with Crippen LogP contribution in [0, 0.1) is 11.6 Å². The fraction of sp³-hybridized carbons (Fsp3) is 0.111. The van der Waals surface area contributed by atoms with E-state index in [1.807, 2.05) is 0 Å². The summed E-state index contributed by atoms with van der Waals surface area (Å²) in [5.41, 5.74) is 5.59. The minimum atomic E-state index is -0.796. The summed E-state index contributed by atoms with van der Waals surface area (Å²) in [5, 5.41) is 0. The number of nitrogens with two attached hydrogens (primary N) is 1. The van der Waals surface area contributed by atoms with Gasteiger partial charge in [0.05, 0.1) is 13.5 Å². The second-order valence-electron chi connectivity index (χ2n) is 5.26. The predicted octanol–water partition coefficient (Wildman–Crippen LogP) is 3.32. The fourth-order valence-electron chi connectivity index (χ4n) is 2.40. The minimum Gasteiger partial charge on any atom is -0.497 e. The summed E-state index contributed by atoms with van der Waals surface area (Å²) >= 11 is 0. The molecule has 2 N–H and O–H groups in total. The van der Waals surface area contributed by atoms with Gasteiger partial charge in [-0.1, -0.05) is 6.07 Å². The SMILES string of the molecule is COc1ccc(-c2oc(Cc3c(F)cccc3F)nc2C(N)=O)cc1. The van der Waals surface area contributed by atoms with Crippen LogP contribution in [0.3, 0.4) is 0 Å². The Morgan fingerprint density at radius 2 is 1.80 bits per heavy atom. The predicted molar refractivity (Wildman–Crippen MR) is 86.2 cm³/mol. The highest BCUT2D eigenvalue weighted by Crippen LogP contribution is 2.28. The van der Waals surface area contributed by atoms with Gasteiger partial charge in [-0.05, 0) is 36.4 Å². The van der Waals surface area contributed by atoms with Crippen LogP contribution in [-0.4, -0.2) is 18.0 Å². The van der Waals surface area contributed by atoms with E-state index in [9.17, 15) is 13.6 Å². The molecule has 0 atom stereocenters. The lowest BCUT2D eigenvalue weighted by atomic mass is 10.1. The molecule has 0 saturated heterocycles. The normalized spacial score (nSPS) is 10.7. The summed E-state index contributed by atoms with van der Waals surface area (Å²) in [7, 11) is 1.53. The molecule has 0 bridgehead atoms. The molecule has 0 radical (unpaired) electrons. The number of halogens is 2. The van der Waals surface area contributed by atoms with Crippen molar-refractivity contribution in [1.29, 1.82) is 0 Å². The minimum absolute atomic E-state index is 0.0105. The van der Waals surface area contributed by atoms with E-state index in [-0.39, 0.29) is 29.3 Å². The van der Waals surface area contributed by atoms with Gasteiger partial charge >= 0.3 is 0 Å². The van der Waals surface area contributed by atoms with Crippen LogP contribution in [0.25, 0.3) is 11.3 Å². The Hall–Kier alpha value is -3.22. The maximum absolute atomic E-state index is 13.8. The lowest BCUT2D eigenvalue weighted by Crippen LogP contribution is -2.12. The number of oxazole rings is 1. The number of aromatic nitrogens is 1. The number of carbonyl (C=O) groups excluding carboxylic acids is 1. The zero-order chi connectivity index (χ0) is 18.0. The number of carbonyl (C=O) groups is 1. The van der Waals surface area contributed by atoms with Crippen molar-refractivity contribution in [2.24, 2.45) is 5.73 Å². The Kier molecular flexibility index (Phi) is 4.47. The van der Waals surface area contributed by atoms with Crippen molar-refractivity contribution in [3.05, 3.63) is 71.2 Å². The molecule has 0 aliphatic carbocycles. The fourth-order valence-corrected chi connectivity index (χ4v) is 2.40. The smallest absolute Gasteiger partial charge is 0.271 e. The standard InChI is InChI=1S/C18H14F2N2O3/c1-24-11-7-5-10(6-8-11)17-16(18(21)23)22-15(25-17)9-12-13(19)3-2-4-14(12)20/h2-8H,9H2,1H3,(H2,21,23). The van der Waals surface area contributed by atoms with E-state index >= 15 is 0 Å². The first kappa shape index (κ1) is 16.6. The van der Waals surface area contributed by atoms with Crippen molar-refractivity contribution in [2.75, 3.05) is 7.11 Å². The van der Waals surface area contributed by atoms with Crippen LogP contribution < -0.4 is 10.5 Å². The molecule has 7 heteroatoms. The molecular weight excluding hydrogens is 330 g/mol. The first-order valence-electron chi connectivity index (χ1n) is 7.36. The van der Waals surface area contributed by atoms with Crippen LogP contribution >= 0.6 is 0 Å². The Labute approximate surface area is 142 Å². The van der Waals surface area contributed by atoms with Crippen LogP contribution in [0.1, 0.15) is 21.9 Å². The van der Waals surface area contributed by atoms with Gasteiger partial charge in [0.2, 0.25) is 0 Å². The van der Waals surface area contributed by atoms with Crippen molar-refractivity contribution >= 4 is 5.91 Å². The largest absolute Gasteiger partial charge is 0.497 e. The Morgan fingerprint density at radius 3 is 2.36 bits per heavy atom. The Balaban J connectivity index is 2.01. The molecule has 3 aromatic rings. The first-order chi connectivity index (χ1) is 12.0. The van der Waals surface area contributed by atoms with Crippen LogP contribution in [0.5, 0.6) is 5.75 Å². The van der Waals surface area contributed by atoms with E-state index in [4.69, 9.17) is 14.9 Å². The van der Waals surface area contributed by atoms with Gasteiger partial charge < -0.3 is 14.9 Å². The third-order valence-corrected chi connectivity index (χ3v) is 3.65. The van der Waals surface area contributed by atoms with Gasteiger partial charge in [0, 0.05) is 11.1 Å². The van der Waals surface area contributed by atoms with Gasteiger partial charge in [0.25, 0.3) is 5.91 Å². The summed E-state index contributed by atoms with van der Waals surface area (Å²) in [6.07, 6.45) is -0.241. The number of benzene rings is 2. The molecule has 0 unspecified atom stereocenters. The number of nitrogens with zero attached hydrogens (tertiary/aromatic N) is 1. The molecule has 0 fully saturated rings. The zero-order valence-corrected chi connectivity index (χ0v) is 13.3. The zero-order valence-electron chi connectivity index (χ0n) is 13.3. The molecule has 0 aliphatic heterocycles. The van der Waals surface area contributed by atoms with E-state index in [2.05, 4.69) is 4.98 Å². The molecule has 1 heterocycles. The lowest BCUT2D eigenvalue weighted by Gasteiger charge is -2.02. The van der Waals surface area contributed by atoms with E-state index < -0.39 is 17.5 Å².